The number of anilines is 1. The Morgan fingerprint density at radius 2 is 2.04 bits per heavy atom. The first-order valence-corrected chi connectivity index (χ1v) is 8.12. The van der Waals surface area contributed by atoms with Crippen LogP contribution in [-0.2, 0) is 4.79 Å². The summed E-state index contributed by atoms with van der Waals surface area (Å²) in [6.45, 7) is 3.45. The summed E-state index contributed by atoms with van der Waals surface area (Å²) in [4.78, 5) is 22.5. The van der Waals surface area contributed by atoms with E-state index in [1.54, 1.807) is 25.1 Å². The topological polar surface area (TPSA) is 81.5 Å². The molecule has 0 aliphatic carbocycles. The molecule has 2 aromatic carbocycles. The lowest BCUT2D eigenvalue weighted by Crippen LogP contribution is -2.30. The van der Waals surface area contributed by atoms with Crippen molar-refractivity contribution in [2.24, 2.45) is 0 Å². The zero-order valence-corrected chi connectivity index (χ0v) is 15.2. The maximum Gasteiger partial charge on any atom is 0.270 e. The van der Waals surface area contributed by atoms with Gasteiger partial charge >= 0.3 is 0 Å². The number of nitrogens with zero attached hydrogens (tertiary/aromatic N) is 1. The molecule has 1 N–H and O–H groups in total. The molecule has 2 aromatic rings. The van der Waals surface area contributed by atoms with Crippen LogP contribution >= 0.6 is 27.5 Å². The fourth-order valence-electron chi connectivity index (χ4n) is 1.94. The first-order valence-electron chi connectivity index (χ1n) is 6.95. The van der Waals surface area contributed by atoms with Gasteiger partial charge in [-0.3, -0.25) is 14.9 Å². The van der Waals surface area contributed by atoms with Crippen LogP contribution in [0.4, 0.5) is 11.4 Å². The van der Waals surface area contributed by atoms with E-state index in [0.29, 0.717) is 20.9 Å². The second kappa shape index (κ2) is 7.63. The molecule has 24 heavy (non-hydrogen) atoms. The van der Waals surface area contributed by atoms with E-state index in [1.807, 2.05) is 6.92 Å². The smallest absolute Gasteiger partial charge is 0.270 e. The average Bonchev–Trinajstić information content (AvgIpc) is 2.51. The quantitative estimate of drug-likeness (QED) is 0.568. The molecular formula is C16H14BrClN2O4. The van der Waals surface area contributed by atoms with Gasteiger partial charge in [-0.1, -0.05) is 11.6 Å². The Morgan fingerprint density at radius 3 is 2.62 bits per heavy atom. The van der Waals surface area contributed by atoms with Crippen LogP contribution in [0.2, 0.25) is 5.02 Å². The SMILES string of the molecule is Cc1cc(Cl)ccc1O[C@H](C)C(=O)Nc1ccc([N+](=O)[O-])cc1Br. The third-order valence-corrected chi connectivity index (χ3v) is 4.12. The standard InChI is InChI=1S/C16H14BrClN2O4/c1-9-7-11(18)3-6-15(9)24-10(2)16(21)19-14-5-4-12(20(22)23)8-13(14)17/h3-8,10H,1-2H3,(H,19,21)/t10-/m1/s1. The molecule has 0 saturated carbocycles. The molecule has 0 unspecified atom stereocenters. The molecule has 0 saturated heterocycles. The van der Waals surface area contributed by atoms with Crippen molar-refractivity contribution in [2.45, 2.75) is 20.0 Å². The molecule has 126 valence electrons. The molecule has 1 atom stereocenters. The van der Waals surface area contributed by atoms with Crippen LogP contribution in [0.3, 0.4) is 0 Å². The van der Waals surface area contributed by atoms with Gasteiger partial charge in [0, 0.05) is 21.6 Å². The lowest BCUT2D eigenvalue weighted by molar-refractivity contribution is -0.384. The van der Waals surface area contributed by atoms with Gasteiger partial charge in [-0.25, -0.2) is 0 Å². The Hall–Kier alpha value is -2.12. The minimum Gasteiger partial charge on any atom is -0.481 e. The minimum absolute atomic E-state index is 0.0686. The second-order valence-electron chi connectivity index (χ2n) is 5.08. The fourth-order valence-corrected chi connectivity index (χ4v) is 2.63. The van der Waals surface area contributed by atoms with Crippen LogP contribution in [0.25, 0.3) is 0 Å². The van der Waals surface area contributed by atoms with Gasteiger partial charge in [0.25, 0.3) is 11.6 Å². The Morgan fingerprint density at radius 1 is 1.33 bits per heavy atom. The number of carbonyl (C=O) groups excluding carboxylic acids is 1. The predicted octanol–water partition coefficient (Wildman–Crippen LogP) is 4.73. The van der Waals surface area contributed by atoms with E-state index in [9.17, 15) is 14.9 Å². The van der Waals surface area contributed by atoms with Gasteiger partial charge in [0.1, 0.15) is 5.75 Å². The molecule has 0 spiro atoms. The van der Waals surface area contributed by atoms with Crippen LogP contribution in [0, 0.1) is 17.0 Å². The number of non-ortho nitro benzene ring substituents is 1. The third-order valence-electron chi connectivity index (χ3n) is 3.23. The number of nitro benzene ring substituents is 1. The van der Waals surface area contributed by atoms with Crippen LogP contribution in [-0.4, -0.2) is 16.9 Å². The number of amides is 1. The number of ether oxygens (including phenoxy) is 1. The molecule has 0 bridgehead atoms. The summed E-state index contributed by atoms with van der Waals surface area (Å²) in [5.41, 5.74) is 1.17. The molecule has 0 aliphatic rings. The van der Waals surface area contributed by atoms with Gasteiger partial charge in [-0.2, -0.15) is 0 Å². The maximum atomic E-state index is 12.2. The van der Waals surface area contributed by atoms with E-state index < -0.39 is 11.0 Å². The number of benzene rings is 2. The zero-order valence-electron chi connectivity index (χ0n) is 12.9. The highest BCUT2D eigenvalue weighted by atomic mass is 79.9. The van der Waals surface area contributed by atoms with Crippen molar-refractivity contribution in [3.8, 4) is 5.75 Å². The second-order valence-corrected chi connectivity index (χ2v) is 6.37. The van der Waals surface area contributed by atoms with Crippen LogP contribution in [0.5, 0.6) is 5.75 Å². The molecular weight excluding hydrogens is 400 g/mol. The number of halogens is 2. The Kier molecular flexibility index (Phi) is 5.80. The first-order chi connectivity index (χ1) is 11.3. The lowest BCUT2D eigenvalue weighted by Gasteiger charge is -2.17. The molecule has 0 fully saturated rings. The summed E-state index contributed by atoms with van der Waals surface area (Å²) in [5, 5.41) is 14.0. The predicted molar refractivity (Wildman–Crippen MR) is 95.7 cm³/mol. The third kappa shape index (κ3) is 4.46. The van der Waals surface area contributed by atoms with E-state index in [-0.39, 0.29) is 11.6 Å². The van der Waals surface area contributed by atoms with Gasteiger partial charge in [0.2, 0.25) is 0 Å². The Labute approximate surface area is 152 Å². The van der Waals surface area contributed by atoms with Crippen molar-refractivity contribution in [3.63, 3.8) is 0 Å². The van der Waals surface area contributed by atoms with Crippen molar-refractivity contribution in [1.29, 1.82) is 0 Å². The van der Waals surface area contributed by atoms with Gasteiger partial charge < -0.3 is 10.1 Å². The molecule has 2 rings (SSSR count). The summed E-state index contributed by atoms with van der Waals surface area (Å²) in [6, 6.07) is 9.22. The number of hydrogen-bond donors (Lipinski definition) is 1. The number of rotatable bonds is 5. The van der Waals surface area contributed by atoms with E-state index in [0.717, 1.165) is 5.56 Å². The number of nitro groups is 1. The monoisotopic (exact) mass is 412 g/mol. The molecule has 0 radical (unpaired) electrons. The van der Waals surface area contributed by atoms with E-state index in [2.05, 4.69) is 21.2 Å². The van der Waals surface area contributed by atoms with Crippen LogP contribution in [0.1, 0.15) is 12.5 Å². The highest BCUT2D eigenvalue weighted by Crippen LogP contribution is 2.28. The number of aryl methyl sites for hydroxylation is 1. The number of hydrogen-bond acceptors (Lipinski definition) is 4. The molecule has 0 heterocycles. The van der Waals surface area contributed by atoms with Crippen LogP contribution < -0.4 is 10.1 Å². The van der Waals surface area contributed by atoms with Crippen molar-refractivity contribution < 1.29 is 14.5 Å². The van der Waals surface area contributed by atoms with Gasteiger partial charge in [-0.15, -0.1) is 0 Å². The number of carbonyl (C=O) groups is 1. The fraction of sp³-hybridized carbons (Fsp3) is 0.188. The zero-order chi connectivity index (χ0) is 17.9. The summed E-state index contributed by atoms with van der Waals surface area (Å²) >= 11 is 9.09. The van der Waals surface area contributed by atoms with Crippen molar-refractivity contribution in [3.05, 3.63) is 61.6 Å². The lowest BCUT2D eigenvalue weighted by atomic mass is 10.2. The van der Waals surface area contributed by atoms with E-state index in [4.69, 9.17) is 16.3 Å². The van der Waals surface area contributed by atoms with Crippen LogP contribution in [0.15, 0.2) is 40.9 Å². The van der Waals surface area contributed by atoms with Gasteiger partial charge in [-0.05, 0) is 59.6 Å². The largest absolute Gasteiger partial charge is 0.481 e. The normalized spacial score (nSPS) is 11.7. The Balaban J connectivity index is 2.07. The summed E-state index contributed by atoms with van der Waals surface area (Å²) in [7, 11) is 0. The highest BCUT2D eigenvalue weighted by Gasteiger charge is 2.18. The average molecular weight is 414 g/mol. The Bertz CT molecular complexity index is 798. The summed E-state index contributed by atoms with van der Waals surface area (Å²) < 4.78 is 6.06. The first kappa shape index (κ1) is 18.2. The number of nitrogens with one attached hydrogen (secondary N) is 1. The van der Waals surface area contributed by atoms with Gasteiger partial charge in [0.05, 0.1) is 10.6 Å². The van der Waals surface area contributed by atoms with E-state index >= 15 is 0 Å². The minimum atomic E-state index is -0.757. The van der Waals surface area contributed by atoms with E-state index in [1.165, 1.54) is 18.2 Å². The van der Waals surface area contributed by atoms with Gasteiger partial charge in [0.15, 0.2) is 6.10 Å². The van der Waals surface area contributed by atoms with Crippen molar-refractivity contribution >= 4 is 44.8 Å². The van der Waals surface area contributed by atoms with Crippen molar-refractivity contribution in [2.75, 3.05) is 5.32 Å². The highest BCUT2D eigenvalue weighted by molar-refractivity contribution is 9.10. The molecule has 6 nitrogen and oxygen atoms in total. The molecule has 0 aromatic heterocycles. The molecule has 8 heteroatoms. The maximum absolute atomic E-state index is 12.2. The molecule has 1 amide bonds. The molecule has 0 aliphatic heterocycles. The summed E-state index contributed by atoms with van der Waals surface area (Å²) in [5.74, 6) is 0.184. The van der Waals surface area contributed by atoms with Crippen molar-refractivity contribution in [1.82, 2.24) is 0 Å². The summed E-state index contributed by atoms with van der Waals surface area (Å²) in [6.07, 6.45) is -0.757.